The van der Waals surface area contributed by atoms with Gasteiger partial charge < -0.3 is 10.0 Å². The molecule has 1 aliphatic heterocycles. The number of aliphatic hydroxyl groups excluding tert-OH is 1. The van der Waals surface area contributed by atoms with Gasteiger partial charge >= 0.3 is 0 Å². The summed E-state index contributed by atoms with van der Waals surface area (Å²) < 4.78 is 0. The number of amidine groups is 1. The molecular formula is C25H48N2O. The highest BCUT2D eigenvalue weighted by Crippen LogP contribution is 2.14. The number of hydrogen-bond acceptors (Lipinski definition) is 3. The van der Waals surface area contributed by atoms with Crippen molar-refractivity contribution >= 4 is 5.84 Å². The largest absolute Gasteiger partial charge is 0.395 e. The summed E-state index contributed by atoms with van der Waals surface area (Å²) in [5.41, 5.74) is 0. The van der Waals surface area contributed by atoms with E-state index in [0.29, 0.717) is 6.54 Å². The van der Waals surface area contributed by atoms with Crippen molar-refractivity contribution in [3.05, 3.63) is 12.2 Å². The van der Waals surface area contributed by atoms with Crippen molar-refractivity contribution in [3.8, 4) is 0 Å². The van der Waals surface area contributed by atoms with Gasteiger partial charge in [-0.3, -0.25) is 4.99 Å². The molecule has 0 spiro atoms. The molecule has 0 amide bonds. The third kappa shape index (κ3) is 14.2. The molecule has 0 radical (unpaired) electrons. The summed E-state index contributed by atoms with van der Waals surface area (Å²) in [5, 5.41) is 9.05. The fourth-order valence-corrected chi connectivity index (χ4v) is 4.00. The van der Waals surface area contributed by atoms with Crippen LogP contribution in [0, 0.1) is 0 Å². The van der Waals surface area contributed by atoms with Crippen molar-refractivity contribution in [1.29, 1.82) is 0 Å². The first kappa shape index (κ1) is 25.2. The maximum Gasteiger partial charge on any atom is 0.123 e. The molecule has 0 aromatic heterocycles. The van der Waals surface area contributed by atoms with Crippen molar-refractivity contribution in [2.24, 2.45) is 4.99 Å². The van der Waals surface area contributed by atoms with Gasteiger partial charge in [0, 0.05) is 13.1 Å². The monoisotopic (exact) mass is 392 g/mol. The Morgan fingerprint density at radius 2 is 1.29 bits per heavy atom. The maximum atomic E-state index is 9.05. The molecule has 1 heterocycles. The number of aliphatic imine (C=N–C) groups is 1. The van der Waals surface area contributed by atoms with Crippen LogP contribution in [0.15, 0.2) is 17.1 Å². The van der Waals surface area contributed by atoms with Crippen molar-refractivity contribution < 1.29 is 5.11 Å². The van der Waals surface area contributed by atoms with Gasteiger partial charge in [0.15, 0.2) is 0 Å². The van der Waals surface area contributed by atoms with Gasteiger partial charge in [0.1, 0.15) is 5.84 Å². The predicted molar refractivity (Wildman–Crippen MR) is 124 cm³/mol. The fraction of sp³-hybridized carbons (Fsp3) is 0.880. The molecule has 0 fully saturated rings. The van der Waals surface area contributed by atoms with Crippen molar-refractivity contribution in [2.75, 3.05) is 26.2 Å². The summed E-state index contributed by atoms with van der Waals surface area (Å²) in [7, 11) is 0. The second-order valence-electron chi connectivity index (χ2n) is 8.44. The Hall–Kier alpha value is -0.830. The second kappa shape index (κ2) is 19.5. The van der Waals surface area contributed by atoms with Crippen LogP contribution in [0.3, 0.4) is 0 Å². The summed E-state index contributed by atoms with van der Waals surface area (Å²) in [4.78, 5) is 6.67. The lowest BCUT2D eigenvalue weighted by Gasteiger charge is -2.16. The van der Waals surface area contributed by atoms with Crippen LogP contribution in [-0.4, -0.2) is 42.1 Å². The van der Waals surface area contributed by atoms with E-state index in [4.69, 9.17) is 5.11 Å². The summed E-state index contributed by atoms with van der Waals surface area (Å²) >= 11 is 0. The molecule has 0 aromatic rings. The summed E-state index contributed by atoms with van der Waals surface area (Å²) in [6.07, 6.45) is 28.3. The van der Waals surface area contributed by atoms with Gasteiger partial charge in [0.25, 0.3) is 0 Å². The maximum absolute atomic E-state index is 9.05. The standard InChI is InChI=1S/C25H48N2O/c1-2-3-4-5-6-7-8-9-10-11-12-13-14-15-16-17-18-19-20-25-26-21-22-27(25)23-24-28/h19-20,28H,2-18,21-24H2,1H3. The van der Waals surface area contributed by atoms with E-state index in [9.17, 15) is 0 Å². The van der Waals surface area contributed by atoms with Crippen LogP contribution in [-0.2, 0) is 0 Å². The van der Waals surface area contributed by atoms with Crippen LogP contribution in [0.5, 0.6) is 0 Å². The van der Waals surface area contributed by atoms with E-state index >= 15 is 0 Å². The minimum atomic E-state index is 0.214. The lowest BCUT2D eigenvalue weighted by atomic mass is 10.0. The number of allylic oxidation sites excluding steroid dienone is 1. The third-order valence-corrected chi connectivity index (χ3v) is 5.83. The first-order valence-corrected chi connectivity index (χ1v) is 12.4. The van der Waals surface area contributed by atoms with Crippen molar-refractivity contribution in [1.82, 2.24) is 4.90 Å². The molecule has 0 aromatic carbocycles. The first-order valence-electron chi connectivity index (χ1n) is 12.4. The van der Waals surface area contributed by atoms with Gasteiger partial charge in [-0.15, -0.1) is 0 Å². The van der Waals surface area contributed by atoms with E-state index in [1.165, 1.54) is 103 Å². The van der Waals surface area contributed by atoms with Gasteiger partial charge in [0.2, 0.25) is 0 Å². The minimum Gasteiger partial charge on any atom is -0.395 e. The molecule has 0 bridgehead atoms. The molecule has 0 atom stereocenters. The van der Waals surface area contributed by atoms with Gasteiger partial charge in [0.05, 0.1) is 13.2 Å². The quantitative estimate of drug-likeness (QED) is 0.229. The number of nitrogens with zero attached hydrogens (tertiary/aromatic N) is 2. The fourth-order valence-electron chi connectivity index (χ4n) is 4.00. The average Bonchev–Trinajstić information content (AvgIpc) is 3.14. The van der Waals surface area contributed by atoms with Crippen LogP contribution >= 0.6 is 0 Å². The number of rotatable bonds is 20. The van der Waals surface area contributed by atoms with Crippen LogP contribution < -0.4 is 0 Å². The Kier molecular flexibility index (Phi) is 17.5. The molecule has 3 nitrogen and oxygen atoms in total. The molecule has 164 valence electrons. The first-order chi connectivity index (χ1) is 13.9. The van der Waals surface area contributed by atoms with Crippen LogP contribution in [0.4, 0.5) is 0 Å². The zero-order valence-corrected chi connectivity index (χ0v) is 18.8. The number of β-amino-alcohol motifs (C(OH)–C–C–N with tert-alkyl or cyclic N) is 1. The number of hydrogen-bond donors (Lipinski definition) is 1. The molecule has 28 heavy (non-hydrogen) atoms. The van der Waals surface area contributed by atoms with Crippen LogP contribution in [0.2, 0.25) is 0 Å². The van der Waals surface area contributed by atoms with E-state index < -0.39 is 0 Å². The van der Waals surface area contributed by atoms with Crippen molar-refractivity contribution in [2.45, 2.75) is 116 Å². The zero-order chi connectivity index (χ0) is 20.1. The van der Waals surface area contributed by atoms with Crippen LogP contribution in [0.1, 0.15) is 116 Å². The molecular weight excluding hydrogens is 344 g/mol. The average molecular weight is 393 g/mol. The molecule has 0 saturated heterocycles. The Morgan fingerprint density at radius 3 is 1.79 bits per heavy atom. The lowest BCUT2D eigenvalue weighted by molar-refractivity contribution is 0.257. The predicted octanol–water partition coefficient (Wildman–Crippen LogP) is 6.90. The van der Waals surface area contributed by atoms with Gasteiger partial charge in [-0.1, -0.05) is 109 Å². The van der Waals surface area contributed by atoms with Gasteiger partial charge in [-0.05, 0) is 18.9 Å². The van der Waals surface area contributed by atoms with Crippen molar-refractivity contribution in [3.63, 3.8) is 0 Å². The van der Waals surface area contributed by atoms with E-state index in [-0.39, 0.29) is 6.61 Å². The molecule has 0 saturated carbocycles. The molecule has 1 aliphatic rings. The lowest BCUT2D eigenvalue weighted by Crippen LogP contribution is -2.29. The Balaban J connectivity index is 1.77. The molecule has 0 unspecified atom stereocenters. The highest BCUT2D eigenvalue weighted by molar-refractivity contribution is 5.94. The summed E-state index contributed by atoms with van der Waals surface area (Å²) in [6.45, 7) is 5.05. The normalized spacial score (nSPS) is 14.4. The summed E-state index contributed by atoms with van der Waals surface area (Å²) in [6, 6.07) is 0. The van der Waals surface area contributed by atoms with E-state index in [0.717, 1.165) is 25.3 Å². The molecule has 0 aliphatic carbocycles. The molecule has 1 N–H and O–H groups in total. The molecule has 3 heteroatoms. The topological polar surface area (TPSA) is 35.8 Å². The van der Waals surface area contributed by atoms with Crippen LogP contribution in [0.25, 0.3) is 0 Å². The number of aliphatic hydroxyl groups is 1. The van der Waals surface area contributed by atoms with E-state index in [1.54, 1.807) is 0 Å². The zero-order valence-electron chi connectivity index (χ0n) is 18.8. The highest BCUT2D eigenvalue weighted by Gasteiger charge is 2.12. The third-order valence-electron chi connectivity index (χ3n) is 5.83. The number of unbranched alkanes of at least 4 members (excludes halogenated alkanes) is 16. The SMILES string of the molecule is CCCCCCCCCCCCCCCCCCC=CC1=NCCN1CCO. The Morgan fingerprint density at radius 1 is 0.786 bits per heavy atom. The second-order valence-corrected chi connectivity index (χ2v) is 8.44. The Labute approximate surface area is 175 Å². The smallest absolute Gasteiger partial charge is 0.123 e. The Bertz CT molecular complexity index is 392. The van der Waals surface area contributed by atoms with E-state index in [1.807, 2.05) is 0 Å². The summed E-state index contributed by atoms with van der Waals surface area (Å²) in [5.74, 6) is 1.06. The van der Waals surface area contributed by atoms with E-state index in [2.05, 4.69) is 29.0 Å². The molecule has 1 rings (SSSR count). The highest BCUT2D eigenvalue weighted by atomic mass is 16.3. The minimum absolute atomic E-state index is 0.214. The van der Waals surface area contributed by atoms with Gasteiger partial charge in [-0.2, -0.15) is 0 Å². The van der Waals surface area contributed by atoms with Gasteiger partial charge in [-0.25, -0.2) is 0 Å².